The van der Waals surface area contributed by atoms with Crippen molar-refractivity contribution in [1.29, 1.82) is 0 Å². The van der Waals surface area contributed by atoms with Crippen molar-refractivity contribution in [2.75, 3.05) is 19.8 Å². The van der Waals surface area contributed by atoms with Crippen LogP contribution in [0, 0.1) is 5.92 Å². The number of rotatable bonds is 8. The molecule has 108 valence electrons. The van der Waals surface area contributed by atoms with E-state index in [4.69, 9.17) is 22.7 Å². The Balaban J connectivity index is 1.64. The number of nitrogens with one attached hydrogen (secondary N) is 1. The molecule has 0 radical (unpaired) electrons. The second-order valence-electron chi connectivity index (χ2n) is 5.07. The molecule has 1 fully saturated rings. The third-order valence-electron chi connectivity index (χ3n) is 3.23. The van der Waals surface area contributed by atoms with Crippen molar-refractivity contribution in [1.82, 2.24) is 5.32 Å². The Kier molecular flexibility index (Phi) is 5.49. The first-order chi connectivity index (χ1) is 9.66. The second-order valence-corrected chi connectivity index (χ2v) is 5.51. The van der Waals surface area contributed by atoms with Gasteiger partial charge in [0, 0.05) is 30.9 Å². The monoisotopic (exact) mass is 292 g/mol. The highest BCUT2D eigenvalue weighted by molar-refractivity contribution is 7.80. The Hall–Kier alpha value is -1.46. The zero-order chi connectivity index (χ0) is 14.4. The van der Waals surface area contributed by atoms with Gasteiger partial charge in [0.1, 0.15) is 4.99 Å². The standard InChI is InChI=1S/C15H20N2O2S/c16-14(20)12-4-6-13(7-5-12)15(18)17-8-1-9-19-10-11-2-3-11/h4-7,11H,1-3,8-10H2,(H2,16,20)(H,17,18). The molecular formula is C15H20N2O2S. The van der Waals surface area contributed by atoms with Gasteiger partial charge < -0.3 is 15.8 Å². The van der Waals surface area contributed by atoms with Crippen LogP contribution in [0.5, 0.6) is 0 Å². The zero-order valence-corrected chi connectivity index (χ0v) is 12.2. The molecule has 0 unspecified atom stereocenters. The van der Waals surface area contributed by atoms with Gasteiger partial charge in [-0.2, -0.15) is 0 Å². The maximum atomic E-state index is 11.9. The molecule has 1 aliphatic rings. The van der Waals surface area contributed by atoms with Crippen LogP contribution in [0.25, 0.3) is 0 Å². The molecule has 1 saturated carbocycles. The predicted molar refractivity (Wildman–Crippen MR) is 82.8 cm³/mol. The molecule has 0 aromatic heterocycles. The highest BCUT2D eigenvalue weighted by Crippen LogP contribution is 2.28. The summed E-state index contributed by atoms with van der Waals surface area (Å²) in [6.45, 7) is 2.20. The Morgan fingerprint density at radius 1 is 1.30 bits per heavy atom. The quantitative estimate of drug-likeness (QED) is 0.567. The van der Waals surface area contributed by atoms with E-state index in [1.807, 2.05) is 0 Å². The van der Waals surface area contributed by atoms with Crippen LogP contribution >= 0.6 is 12.2 Å². The van der Waals surface area contributed by atoms with E-state index >= 15 is 0 Å². The summed E-state index contributed by atoms with van der Waals surface area (Å²) in [4.78, 5) is 12.2. The van der Waals surface area contributed by atoms with E-state index in [0.29, 0.717) is 23.7 Å². The van der Waals surface area contributed by atoms with Gasteiger partial charge in [-0.05, 0) is 37.3 Å². The molecule has 1 aromatic rings. The average molecular weight is 292 g/mol. The van der Waals surface area contributed by atoms with Crippen molar-refractivity contribution in [3.05, 3.63) is 35.4 Å². The predicted octanol–water partition coefficient (Wildman–Crippen LogP) is 1.87. The Morgan fingerprint density at radius 2 is 1.95 bits per heavy atom. The summed E-state index contributed by atoms with van der Waals surface area (Å²) in [6.07, 6.45) is 3.45. The molecule has 3 N–H and O–H groups in total. The molecule has 0 heterocycles. The number of carbonyl (C=O) groups is 1. The van der Waals surface area contributed by atoms with Gasteiger partial charge in [0.2, 0.25) is 0 Å². The summed E-state index contributed by atoms with van der Waals surface area (Å²) in [6, 6.07) is 6.98. The zero-order valence-electron chi connectivity index (χ0n) is 11.4. The van der Waals surface area contributed by atoms with Crippen molar-refractivity contribution in [3.8, 4) is 0 Å². The summed E-state index contributed by atoms with van der Waals surface area (Å²) in [5, 5.41) is 2.87. The lowest BCUT2D eigenvalue weighted by Crippen LogP contribution is -2.25. The first-order valence-corrected chi connectivity index (χ1v) is 7.33. The Bertz CT molecular complexity index is 469. The van der Waals surface area contributed by atoms with Crippen LogP contribution in [0.4, 0.5) is 0 Å². The molecule has 0 saturated heterocycles. The normalized spacial score (nSPS) is 14.0. The van der Waals surface area contributed by atoms with Crippen LogP contribution in [0.3, 0.4) is 0 Å². The van der Waals surface area contributed by atoms with Gasteiger partial charge >= 0.3 is 0 Å². The molecule has 0 spiro atoms. The molecule has 0 atom stereocenters. The van der Waals surface area contributed by atoms with Gasteiger partial charge in [0.05, 0.1) is 0 Å². The van der Waals surface area contributed by atoms with Crippen LogP contribution in [0.15, 0.2) is 24.3 Å². The number of hydrogen-bond acceptors (Lipinski definition) is 3. The summed E-state index contributed by atoms with van der Waals surface area (Å²) < 4.78 is 5.51. The first-order valence-electron chi connectivity index (χ1n) is 6.92. The van der Waals surface area contributed by atoms with E-state index in [-0.39, 0.29) is 5.91 Å². The molecule has 5 heteroatoms. The van der Waals surface area contributed by atoms with E-state index in [1.165, 1.54) is 12.8 Å². The van der Waals surface area contributed by atoms with Crippen molar-refractivity contribution in [3.63, 3.8) is 0 Å². The number of thiocarbonyl (C=S) groups is 1. The number of amides is 1. The second kappa shape index (κ2) is 7.36. The smallest absolute Gasteiger partial charge is 0.251 e. The molecule has 4 nitrogen and oxygen atoms in total. The molecule has 0 bridgehead atoms. The number of nitrogens with two attached hydrogens (primary N) is 1. The minimum atomic E-state index is -0.0818. The third kappa shape index (κ3) is 4.90. The lowest BCUT2D eigenvalue weighted by Gasteiger charge is -2.06. The lowest BCUT2D eigenvalue weighted by atomic mass is 10.1. The number of ether oxygens (including phenoxy) is 1. The van der Waals surface area contributed by atoms with E-state index in [9.17, 15) is 4.79 Å². The van der Waals surface area contributed by atoms with Crippen LogP contribution in [0.1, 0.15) is 35.2 Å². The molecule has 1 aromatic carbocycles. The van der Waals surface area contributed by atoms with Gasteiger partial charge in [-0.3, -0.25) is 4.79 Å². The summed E-state index contributed by atoms with van der Waals surface area (Å²) >= 11 is 4.87. The fourth-order valence-corrected chi connectivity index (χ4v) is 1.93. The molecule has 2 rings (SSSR count). The topological polar surface area (TPSA) is 64.4 Å². The van der Waals surface area contributed by atoms with Gasteiger partial charge in [-0.1, -0.05) is 24.4 Å². The number of benzene rings is 1. The SMILES string of the molecule is NC(=S)c1ccc(C(=O)NCCCOCC2CC2)cc1. The molecule has 1 aliphatic carbocycles. The van der Waals surface area contributed by atoms with Crippen LogP contribution in [0.2, 0.25) is 0 Å². The molecule has 20 heavy (non-hydrogen) atoms. The van der Waals surface area contributed by atoms with Gasteiger partial charge in [-0.15, -0.1) is 0 Å². The minimum absolute atomic E-state index is 0.0818. The Morgan fingerprint density at radius 3 is 2.55 bits per heavy atom. The van der Waals surface area contributed by atoms with E-state index in [0.717, 1.165) is 24.5 Å². The average Bonchev–Trinajstić information content (AvgIpc) is 3.26. The van der Waals surface area contributed by atoms with Gasteiger partial charge in [0.25, 0.3) is 5.91 Å². The highest BCUT2D eigenvalue weighted by Gasteiger charge is 2.20. The minimum Gasteiger partial charge on any atom is -0.389 e. The third-order valence-corrected chi connectivity index (χ3v) is 3.47. The molecule has 0 aliphatic heterocycles. The lowest BCUT2D eigenvalue weighted by molar-refractivity contribution is 0.0937. The molecular weight excluding hydrogens is 272 g/mol. The number of carbonyl (C=O) groups excluding carboxylic acids is 1. The van der Waals surface area contributed by atoms with Crippen molar-refractivity contribution >= 4 is 23.1 Å². The fourth-order valence-electron chi connectivity index (χ4n) is 1.80. The van der Waals surface area contributed by atoms with E-state index < -0.39 is 0 Å². The van der Waals surface area contributed by atoms with Crippen molar-refractivity contribution in [2.45, 2.75) is 19.3 Å². The van der Waals surface area contributed by atoms with Gasteiger partial charge in [0.15, 0.2) is 0 Å². The van der Waals surface area contributed by atoms with Crippen LogP contribution in [-0.4, -0.2) is 30.7 Å². The number of hydrogen-bond donors (Lipinski definition) is 2. The van der Waals surface area contributed by atoms with Crippen molar-refractivity contribution < 1.29 is 9.53 Å². The van der Waals surface area contributed by atoms with Gasteiger partial charge in [-0.25, -0.2) is 0 Å². The van der Waals surface area contributed by atoms with E-state index in [2.05, 4.69) is 5.32 Å². The maximum Gasteiger partial charge on any atom is 0.251 e. The summed E-state index contributed by atoms with van der Waals surface area (Å²) in [5.41, 5.74) is 6.89. The first kappa shape index (κ1) is 14.9. The van der Waals surface area contributed by atoms with Crippen LogP contribution in [-0.2, 0) is 4.74 Å². The van der Waals surface area contributed by atoms with E-state index in [1.54, 1.807) is 24.3 Å². The Labute approximate surface area is 124 Å². The summed E-state index contributed by atoms with van der Waals surface area (Å²) in [5.74, 6) is 0.707. The highest BCUT2D eigenvalue weighted by atomic mass is 32.1. The molecule has 1 amide bonds. The fraction of sp³-hybridized carbons (Fsp3) is 0.467. The summed E-state index contributed by atoms with van der Waals surface area (Å²) in [7, 11) is 0. The van der Waals surface area contributed by atoms with Crippen LogP contribution < -0.4 is 11.1 Å². The largest absolute Gasteiger partial charge is 0.389 e. The maximum absolute atomic E-state index is 11.9. The van der Waals surface area contributed by atoms with Crippen molar-refractivity contribution in [2.24, 2.45) is 11.7 Å².